The van der Waals surface area contributed by atoms with Gasteiger partial charge in [-0.25, -0.2) is 74.5 Å². The second-order valence-corrected chi connectivity index (χ2v) is 29.8. The highest BCUT2D eigenvalue weighted by atomic mass is 31.2. The number of aliphatic hydroxyl groups is 7. The van der Waals surface area contributed by atoms with Gasteiger partial charge in [0.2, 0.25) is 62.7 Å². The molecular formula is C64H97F3N14O33P2. The van der Waals surface area contributed by atoms with Crippen molar-refractivity contribution in [2.45, 2.75) is 212 Å². The maximum absolute atomic E-state index is 16.3. The van der Waals surface area contributed by atoms with E-state index in [0.29, 0.717) is 13.2 Å². The molecule has 4 aliphatic heterocycles. The van der Waals surface area contributed by atoms with Gasteiger partial charge in [-0.2, -0.15) is 24.9 Å². The Hall–Kier alpha value is -8.66. The second-order valence-electron chi connectivity index (χ2n) is 26.5. The Kier molecular flexibility index (Phi) is 31.2. The van der Waals surface area contributed by atoms with Crippen LogP contribution in [0, 0.1) is 0 Å². The lowest BCUT2D eigenvalue weighted by molar-refractivity contribution is -0.206. The summed E-state index contributed by atoms with van der Waals surface area (Å²) in [6.07, 6.45) is -14.7. The molecular weight excluding hydrogens is 1610 g/mol. The molecule has 5 aromatic rings. The standard InChI is InChI=1S/C26H40FN4O14P.C23H35FN5O14P.C15H22FN5O5/c1-8-28-22-30-17-16(10-29-18(17)20(31-22)37-9-2)19-25(7,35)21(32)26(27,45-19)11-40-46(36,41-12-38-23(33)43-14(3)4)42-13-39-24(34)44-15(5)6;1-7-35-16-14-15(27-19(25)28-16)29(9-26-14)18-22(6,33)17(30)23(24,43-18)8-38-44(34,39-10-36-20(31)41-12(2)3)40-11-37-21(32)42-13(4)5;1-4-17-13-19-9-8(10(20-13)25-5-2)18-7-21(9)12-14(3,24)11(23)15(16,6-22)26-12/h10,14-16,19,21,32,35H,8-9,11-13H2,1-7H3,(H,28,30,31);9,12-13,17-18,30,33H,7-8,10-11H2,1-6H3,(H2,25,27,28);7,11-12,22-24H,4-6H2,1-3H3,(H,17,19,20)/t16?,19-,21-,25-,26+;17-,18+,22+,23+;11-,12+,14+,15+/m000/s1/i1T;;1T. The molecule has 9 rings (SSSR count). The van der Waals surface area contributed by atoms with E-state index in [2.05, 4.69) is 74.4 Å². The van der Waals surface area contributed by atoms with Crippen LogP contribution in [0.2, 0.25) is 0 Å². The lowest BCUT2D eigenvalue weighted by atomic mass is 9.84. The molecule has 0 bridgehead atoms. The molecule has 9 heterocycles. The van der Waals surface area contributed by atoms with Crippen LogP contribution in [0.5, 0.6) is 17.6 Å². The summed E-state index contributed by atoms with van der Waals surface area (Å²) >= 11 is 0. The van der Waals surface area contributed by atoms with E-state index in [9.17, 15) is 68.4 Å². The van der Waals surface area contributed by atoms with Gasteiger partial charge in [0.15, 0.2) is 34.8 Å². The number of halogens is 3. The third kappa shape index (κ3) is 23.0. The Morgan fingerprint density at radius 2 is 0.922 bits per heavy atom. The molecule has 0 amide bonds. The molecule has 3 fully saturated rings. The van der Waals surface area contributed by atoms with Crippen LogP contribution in [0.25, 0.3) is 22.3 Å². The molecule has 3 saturated heterocycles. The van der Waals surface area contributed by atoms with Crippen molar-refractivity contribution in [2.24, 2.45) is 4.99 Å². The third-order valence-corrected chi connectivity index (χ3v) is 18.5. The molecule has 1 unspecified atom stereocenters. The Balaban J connectivity index is 0.000000253. The number of imidazole rings is 2. The molecule has 652 valence electrons. The first-order chi connectivity index (χ1) is 55.3. The number of rotatable bonds is 36. The topological polar surface area (TPSA) is 604 Å². The van der Waals surface area contributed by atoms with Gasteiger partial charge in [0, 0.05) is 22.0 Å². The number of alkyl halides is 3. The summed E-state index contributed by atoms with van der Waals surface area (Å²) in [5.41, 5.74) is -0.160. The van der Waals surface area contributed by atoms with E-state index < -0.39 is 189 Å². The van der Waals surface area contributed by atoms with E-state index >= 15 is 8.78 Å². The predicted octanol–water partition coefficient (Wildman–Crippen LogP) is 5.74. The molecule has 0 saturated carbocycles. The molecule has 0 radical (unpaired) electrons. The molecule has 116 heavy (non-hydrogen) atoms. The van der Waals surface area contributed by atoms with Gasteiger partial charge in [-0.3, -0.25) is 23.2 Å². The third-order valence-electron chi connectivity index (χ3n) is 15.9. The largest absolute Gasteiger partial charge is 0.510 e. The monoisotopic (exact) mass is 1710 g/mol. The summed E-state index contributed by atoms with van der Waals surface area (Å²) in [5.74, 6) is -10.1. The number of aliphatic imine (C=N–C) groups is 1. The highest BCUT2D eigenvalue weighted by Gasteiger charge is 2.67. The lowest BCUT2D eigenvalue weighted by Gasteiger charge is -2.29. The number of nitrogens with one attached hydrogen (secondary N) is 2. The van der Waals surface area contributed by atoms with Crippen LogP contribution >= 0.6 is 15.6 Å². The SMILES string of the molecule is CCOc1nc(N)nc2c1ncn2[C@@H]1O[C@](F)(COP(=O)(OCOC(=O)OC(C)C)OCOC(=O)OC(C)C)[C@@H](O)[C@@]1(C)O.[3H]CCNc1nc(OCC)c2c(n1)C([C@@H]1O[C@](F)(COP(=O)(OCOC(=O)OC(C)C)OCOC(=O)OC(C)C)[C@@H](O)[C@@]1(C)O)C=N2.[3H]CCNc1nc(OCC)c2ncn([C@@H]3O[C@](F)(CO)[C@@H](O)[C@@]3(C)O)c2n1. The average Bonchev–Trinajstić information content (AvgIpc) is 1.59. The number of aromatic nitrogens is 10. The first-order valence-electron chi connectivity index (χ1n) is 36.7. The number of nitrogens with two attached hydrogens (primary N) is 1. The maximum atomic E-state index is 16.3. The van der Waals surface area contributed by atoms with Crippen LogP contribution in [0.15, 0.2) is 17.6 Å². The molecule has 0 aliphatic carbocycles. The van der Waals surface area contributed by atoms with Crippen molar-refractivity contribution in [3.63, 3.8) is 0 Å². The Morgan fingerprint density at radius 3 is 1.33 bits per heavy atom. The lowest BCUT2D eigenvalue weighted by Crippen LogP contribution is -2.50. The van der Waals surface area contributed by atoms with E-state index in [-0.39, 0.29) is 103 Å². The number of anilines is 3. The second kappa shape index (κ2) is 39.7. The zero-order chi connectivity index (χ0) is 87.7. The molecule has 47 nitrogen and oxygen atoms in total. The minimum absolute atomic E-state index is 0.0102. The average molecular weight is 1710 g/mol. The van der Waals surface area contributed by atoms with Crippen molar-refractivity contribution in [3.05, 3.63) is 18.3 Å². The fourth-order valence-corrected chi connectivity index (χ4v) is 12.7. The minimum Gasteiger partial charge on any atom is -0.476 e. The van der Waals surface area contributed by atoms with Gasteiger partial charge in [0.05, 0.1) is 68.5 Å². The fraction of sp³-hybridized carbons (Fsp3) is 0.703. The van der Waals surface area contributed by atoms with Crippen molar-refractivity contribution in [3.8, 4) is 17.6 Å². The molecule has 11 N–H and O–H groups in total. The van der Waals surface area contributed by atoms with Crippen LogP contribution in [-0.2, 0) is 88.4 Å². The first-order valence-corrected chi connectivity index (χ1v) is 38.2. The number of fused-ring (bicyclic) bond motifs is 3. The van der Waals surface area contributed by atoms with Crippen molar-refractivity contribution in [1.29, 1.82) is 0 Å². The van der Waals surface area contributed by atoms with Gasteiger partial charge < -0.3 is 118 Å². The molecule has 52 heteroatoms. The van der Waals surface area contributed by atoms with E-state index in [1.807, 2.05) is 0 Å². The summed E-state index contributed by atoms with van der Waals surface area (Å²) in [7, 11) is -9.91. The van der Waals surface area contributed by atoms with Gasteiger partial charge >= 0.3 is 40.3 Å². The number of hydrogen-bond acceptors (Lipinski definition) is 45. The summed E-state index contributed by atoms with van der Waals surface area (Å²) in [5, 5.41) is 79.8. The van der Waals surface area contributed by atoms with Crippen LogP contribution in [-0.4, -0.2) is 279 Å². The number of carbonyl (C=O) groups is 4. The fourth-order valence-electron chi connectivity index (χ4n) is 10.8. The summed E-state index contributed by atoms with van der Waals surface area (Å²) in [6, 6.07) is 0. The zero-order valence-electron chi connectivity index (χ0n) is 67.3. The van der Waals surface area contributed by atoms with Crippen molar-refractivity contribution in [2.75, 3.05) is 96.3 Å². The number of ether oxygens (including phenoxy) is 14. The number of hydrogen-bond donors (Lipinski definition) is 10. The van der Waals surface area contributed by atoms with E-state index in [1.54, 1.807) is 48.5 Å². The number of phosphoric ester groups is 2. The van der Waals surface area contributed by atoms with Crippen molar-refractivity contribution >= 4 is 92.3 Å². The van der Waals surface area contributed by atoms with E-state index in [0.717, 1.165) is 24.7 Å². The summed E-state index contributed by atoms with van der Waals surface area (Å²) in [6.45, 7) is 14.0. The predicted molar refractivity (Wildman–Crippen MR) is 385 cm³/mol. The number of nitrogens with zero attached hydrogens (tertiary/aromatic N) is 11. The normalized spacial score (nSPS) is 26.4. The van der Waals surface area contributed by atoms with Crippen LogP contribution in [0.1, 0.15) is 138 Å². The van der Waals surface area contributed by atoms with Crippen molar-refractivity contribution < 1.29 is 173 Å². The van der Waals surface area contributed by atoms with Gasteiger partial charge in [-0.15, -0.1) is 0 Å². The maximum Gasteiger partial charge on any atom is 0.510 e. The summed E-state index contributed by atoms with van der Waals surface area (Å²) in [4.78, 5) is 84.3. The zero-order valence-corrected chi connectivity index (χ0v) is 67.0. The van der Waals surface area contributed by atoms with Crippen LogP contribution in [0.3, 0.4) is 0 Å². The minimum atomic E-state index is -4.96. The van der Waals surface area contributed by atoms with E-state index in [4.69, 9.17) is 83.0 Å². The Morgan fingerprint density at radius 1 is 0.552 bits per heavy atom. The van der Waals surface area contributed by atoms with Gasteiger partial charge in [0.1, 0.15) is 66.7 Å². The van der Waals surface area contributed by atoms with Crippen LogP contribution < -0.4 is 30.6 Å². The summed E-state index contributed by atoms with van der Waals surface area (Å²) < 4.78 is 190. The van der Waals surface area contributed by atoms with Crippen molar-refractivity contribution in [1.82, 2.24) is 49.0 Å². The Bertz CT molecular complexity index is 4280. The highest BCUT2D eigenvalue weighted by molar-refractivity contribution is 7.48. The Labute approximate surface area is 662 Å². The van der Waals surface area contributed by atoms with E-state index in [1.165, 1.54) is 51.7 Å². The van der Waals surface area contributed by atoms with Gasteiger partial charge in [-0.05, 0) is 111 Å². The van der Waals surface area contributed by atoms with Gasteiger partial charge in [0.25, 0.3) is 17.6 Å². The van der Waals surface area contributed by atoms with Crippen LogP contribution in [0.4, 0.5) is 55.9 Å². The number of nitrogen functional groups attached to an aromatic ring is 1. The number of carbonyl (C=O) groups excluding carboxylic acids is 4. The number of aliphatic hydroxyl groups excluding tert-OH is 4. The molecule has 4 aliphatic rings. The van der Waals surface area contributed by atoms with Gasteiger partial charge in [-0.1, -0.05) is 0 Å². The molecule has 0 aromatic carbocycles. The number of phosphoric acid groups is 2. The smallest absolute Gasteiger partial charge is 0.476 e. The first kappa shape index (κ1) is 91.2. The quantitative estimate of drug-likeness (QED) is 0.00988. The molecule has 5 aromatic heterocycles. The molecule has 0 spiro atoms. The highest BCUT2D eigenvalue weighted by Crippen LogP contribution is 2.56. The molecule has 13 atom stereocenters.